The molecule has 11 heteroatoms. The van der Waals surface area contributed by atoms with Crippen molar-refractivity contribution in [3.05, 3.63) is 113 Å². The SMILES string of the molecule is C[N+]1=C(C=CC=C2N(CCCCCC(=O)NCCOc3ccccc3CC3CC4(C3)CN(C(=O)N3CC5(COC(=O)N5)C3)C4)c3ccccc3C2(C)C)C(C)(C)c2ccccc21. The quantitative estimate of drug-likeness (QED) is 0.127. The molecule has 62 heavy (non-hydrogen) atoms. The van der Waals surface area contributed by atoms with Crippen LogP contribution in [0.3, 0.4) is 0 Å². The molecule has 9 rings (SSSR count). The van der Waals surface area contributed by atoms with Crippen LogP contribution >= 0.6 is 0 Å². The number of para-hydroxylation sites is 3. The Bertz CT molecular complexity index is 2320. The van der Waals surface area contributed by atoms with E-state index in [9.17, 15) is 14.4 Å². The van der Waals surface area contributed by atoms with E-state index in [0.717, 1.165) is 63.9 Å². The van der Waals surface area contributed by atoms with Gasteiger partial charge in [0.1, 0.15) is 31.5 Å². The minimum Gasteiger partial charge on any atom is -0.491 e. The molecule has 4 fully saturated rings. The largest absolute Gasteiger partial charge is 0.491 e. The summed E-state index contributed by atoms with van der Waals surface area (Å²) in [5, 5.41) is 5.92. The van der Waals surface area contributed by atoms with Crippen molar-refractivity contribution in [1.29, 1.82) is 0 Å². The second kappa shape index (κ2) is 16.3. The van der Waals surface area contributed by atoms with Crippen LogP contribution in [0.15, 0.2) is 96.7 Å². The summed E-state index contributed by atoms with van der Waals surface area (Å²) in [6.07, 6.45) is 12.9. The van der Waals surface area contributed by atoms with Gasteiger partial charge < -0.3 is 34.8 Å². The predicted molar refractivity (Wildman–Crippen MR) is 242 cm³/mol. The van der Waals surface area contributed by atoms with Crippen molar-refractivity contribution < 1.29 is 28.4 Å². The number of hydrogen-bond acceptors (Lipinski definition) is 6. The average Bonchev–Trinajstić information content (AvgIpc) is 3.78. The highest BCUT2D eigenvalue weighted by molar-refractivity contribution is 6.03. The lowest BCUT2D eigenvalue weighted by atomic mass is 9.56. The summed E-state index contributed by atoms with van der Waals surface area (Å²) in [5.41, 5.74) is 8.71. The van der Waals surface area contributed by atoms with E-state index < -0.39 is 6.09 Å². The molecule has 2 N–H and O–H groups in total. The molecule has 6 aliphatic rings. The summed E-state index contributed by atoms with van der Waals surface area (Å²) in [6.45, 7) is 14.1. The number of fused-ring (bicyclic) bond motifs is 2. The van der Waals surface area contributed by atoms with E-state index in [1.165, 1.54) is 39.5 Å². The molecule has 0 unspecified atom stereocenters. The van der Waals surface area contributed by atoms with Crippen molar-refractivity contribution in [3.63, 3.8) is 0 Å². The predicted octanol–water partition coefficient (Wildman–Crippen LogP) is 7.85. The van der Waals surface area contributed by atoms with E-state index in [4.69, 9.17) is 9.47 Å². The number of alkyl carbamates (subject to hydrolysis) is 1. The van der Waals surface area contributed by atoms with Crippen LogP contribution < -0.4 is 20.3 Å². The Morgan fingerprint density at radius 1 is 0.887 bits per heavy atom. The summed E-state index contributed by atoms with van der Waals surface area (Å²) in [5.74, 6) is 1.52. The molecule has 11 nitrogen and oxygen atoms in total. The second-order valence-electron chi connectivity index (χ2n) is 19.9. The van der Waals surface area contributed by atoms with Crippen LogP contribution in [0.2, 0.25) is 0 Å². The number of likely N-dealkylation sites (tertiary alicyclic amines) is 2. The normalized spacial score (nSPS) is 21.7. The minimum absolute atomic E-state index is 0.0688. The maximum absolute atomic E-state index is 13.0. The Labute approximate surface area is 366 Å². The molecule has 5 heterocycles. The smallest absolute Gasteiger partial charge is 0.407 e. The second-order valence-corrected chi connectivity index (χ2v) is 19.9. The molecule has 3 aromatic rings. The number of benzene rings is 3. The third kappa shape index (κ3) is 7.77. The summed E-state index contributed by atoms with van der Waals surface area (Å²) < 4.78 is 13.6. The lowest BCUT2D eigenvalue weighted by molar-refractivity contribution is -0.401. The van der Waals surface area contributed by atoms with E-state index in [1.807, 2.05) is 21.9 Å². The van der Waals surface area contributed by atoms with Crippen LogP contribution in [-0.4, -0.2) is 103 Å². The highest BCUT2D eigenvalue weighted by Crippen LogP contribution is 2.54. The molecule has 1 aliphatic carbocycles. The van der Waals surface area contributed by atoms with E-state index >= 15 is 0 Å². The fraction of sp³-hybridized carbons (Fsp3) is 0.490. The van der Waals surface area contributed by atoms with Gasteiger partial charge in [0, 0.05) is 66.0 Å². The van der Waals surface area contributed by atoms with Crippen LogP contribution in [0.5, 0.6) is 5.75 Å². The maximum Gasteiger partial charge on any atom is 0.407 e. The van der Waals surface area contributed by atoms with E-state index in [-0.39, 0.29) is 33.7 Å². The van der Waals surface area contributed by atoms with Crippen molar-refractivity contribution in [2.45, 2.75) is 89.0 Å². The van der Waals surface area contributed by atoms with Gasteiger partial charge in [-0.3, -0.25) is 4.79 Å². The molecular weight excluding hydrogens is 777 g/mol. The Balaban J connectivity index is 0.689. The fourth-order valence-corrected chi connectivity index (χ4v) is 11.4. The van der Waals surface area contributed by atoms with Crippen molar-refractivity contribution in [2.24, 2.45) is 11.3 Å². The van der Waals surface area contributed by atoms with Crippen molar-refractivity contribution >= 4 is 35.1 Å². The zero-order valence-corrected chi connectivity index (χ0v) is 37.2. The van der Waals surface area contributed by atoms with Gasteiger partial charge in [0.2, 0.25) is 11.6 Å². The Hall–Kier alpha value is -5.58. The number of ether oxygens (including phenoxy) is 2. The Kier molecular flexibility index (Phi) is 11.0. The highest BCUT2D eigenvalue weighted by Gasteiger charge is 2.57. The van der Waals surface area contributed by atoms with Gasteiger partial charge in [-0.1, -0.05) is 80.9 Å². The molecule has 4 amide bonds. The van der Waals surface area contributed by atoms with Crippen molar-refractivity contribution in [3.8, 4) is 5.75 Å². The zero-order valence-electron chi connectivity index (χ0n) is 37.2. The molecule has 5 aliphatic heterocycles. The minimum atomic E-state index is -0.392. The third-order valence-electron chi connectivity index (χ3n) is 14.6. The molecule has 0 radical (unpaired) electrons. The van der Waals surface area contributed by atoms with Gasteiger partial charge >= 0.3 is 12.1 Å². The maximum atomic E-state index is 13.0. The number of unbranched alkanes of at least 4 members (excludes halogenated alkanes) is 2. The van der Waals surface area contributed by atoms with Crippen LogP contribution in [0.25, 0.3) is 0 Å². The summed E-state index contributed by atoms with van der Waals surface area (Å²) in [6, 6.07) is 25.8. The van der Waals surface area contributed by atoms with Crippen LogP contribution in [0.1, 0.15) is 82.9 Å². The number of urea groups is 1. The average molecular weight is 840 g/mol. The molecule has 0 bridgehead atoms. The van der Waals surface area contributed by atoms with Gasteiger partial charge in [0.05, 0.1) is 25.0 Å². The third-order valence-corrected chi connectivity index (χ3v) is 14.6. The van der Waals surface area contributed by atoms with Crippen molar-refractivity contribution in [2.75, 3.05) is 64.4 Å². The van der Waals surface area contributed by atoms with E-state index in [2.05, 4.69) is 134 Å². The number of nitrogens with one attached hydrogen (secondary N) is 2. The number of rotatable bonds is 14. The Morgan fingerprint density at radius 2 is 1.60 bits per heavy atom. The number of allylic oxidation sites excluding steroid dienone is 4. The van der Waals surface area contributed by atoms with Gasteiger partial charge in [-0.15, -0.1) is 0 Å². The number of anilines is 1. The molecule has 326 valence electrons. The zero-order chi connectivity index (χ0) is 43.3. The van der Waals surface area contributed by atoms with E-state index in [0.29, 0.717) is 45.2 Å². The molecular formula is C51H63N6O5+. The number of carbonyl (C=O) groups excluding carboxylic acids is 3. The first-order valence-corrected chi connectivity index (χ1v) is 22.7. The van der Waals surface area contributed by atoms with Gasteiger partial charge in [0.25, 0.3) is 0 Å². The van der Waals surface area contributed by atoms with Gasteiger partial charge in [0.15, 0.2) is 5.71 Å². The monoisotopic (exact) mass is 839 g/mol. The molecule has 0 aromatic heterocycles. The number of cyclic esters (lactones) is 1. The standard InChI is InChI=1S/C51H62N6O5/c1-48(2)38-17-9-11-19-40(38)54(5)43(48)22-15-23-44-49(3,4)39-18-10-12-20-41(39)57(44)26-14-6-7-24-45(58)52-25-27-61-42-21-13-8-16-37(42)28-36-29-50(30-36)31-55(32-50)47(60)56-33-51(34-56)35-62-46(59)53-51/h8-13,15-23,36H,6-7,14,24-35H2,1-5H3,(H-,52,53,58,59)/p+1. The van der Waals surface area contributed by atoms with Gasteiger partial charge in [-0.25, -0.2) is 9.59 Å². The summed E-state index contributed by atoms with van der Waals surface area (Å²) >= 11 is 0. The molecule has 2 spiro atoms. The van der Waals surface area contributed by atoms with Gasteiger partial charge in [-0.05, 0) is 81.2 Å². The van der Waals surface area contributed by atoms with Crippen LogP contribution in [0, 0.1) is 11.3 Å². The lowest BCUT2D eigenvalue weighted by Gasteiger charge is -2.61. The van der Waals surface area contributed by atoms with Gasteiger partial charge in [-0.2, -0.15) is 4.58 Å². The molecule has 0 atom stereocenters. The van der Waals surface area contributed by atoms with E-state index in [1.54, 1.807) is 0 Å². The van der Waals surface area contributed by atoms with Crippen molar-refractivity contribution in [1.82, 2.24) is 20.4 Å². The lowest BCUT2D eigenvalue weighted by Crippen LogP contribution is -2.74. The Morgan fingerprint density at radius 3 is 2.35 bits per heavy atom. The summed E-state index contributed by atoms with van der Waals surface area (Å²) in [4.78, 5) is 43.5. The number of carbonyl (C=O) groups is 3. The molecule has 1 saturated carbocycles. The summed E-state index contributed by atoms with van der Waals surface area (Å²) in [7, 11) is 2.17. The molecule has 3 aromatic carbocycles. The van der Waals surface area contributed by atoms with Crippen LogP contribution in [-0.2, 0) is 26.8 Å². The first-order chi connectivity index (χ1) is 29.8. The van der Waals surface area contributed by atoms with Crippen LogP contribution in [0.4, 0.5) is 21.0 Å². The highest BCUT2D eigenvalue weighted by atomic mass is 16.6. The number of amides is 4. The first-order valence-electron chi connectivity index (χ1n) is 22.7. The topological polar surface area (TPSA) is 106 Å². The fourth-order valence-electron chi connectivity index (χ4n) is 11.4. The first kappa shape index (κ1) is 41.8. The number of nitrogens with zero attached hydrogens (tertiary/aromatic N) is 4. The molecule has 3 saturated heterocycles. The number of hydrogen-bond donors (Lipinski definition) is 2.